The van der Waals surface area contributed by atoms with Crippen LogP contribution in [0.2, 0.25) is 0 Å². The first-order chi connectivity index (χ1) is 23.8. The fourth-order valence-corrected chi connectivity index (χ4v) is 9.34. The van der Waals surface area contributed by atoms with Gasteiger partial charge in [-0.05, 0) is 87.1 Å². The van der Waals surface area contributed by atoms with Crippen molar-refractivity contribution in [3.8, 4) is 17.1 Å². The van der Waals surface area contributed by atoms with Crippen LogP contribution in [0.5, 0.6) is 5.88 Å². The monoisotopic (exact) mass is 693 g/mol. The average molecular weight is 694 g/mol. The summed E-state index contributed by atoms with van der Waals surface area (Å²) < 4.78 is 36.8. The first-order valence-electron chi connectivity index (χ1n) is 17.4. The number of nitrogens with one attached hydrogen (secondary N) is 1. The van der Waals surface area contributed by atoms with Gasteiger partial charge in [0.25, 0.3) is 15.9 Å². The maximum absolute atomic E-state index is 14.6. The quantitative estimate of drug-likeness (QED) is 0.257. The van der Waals surface area contributed by atoms with Gasteiger partial charge in [-0.25, -0.2) is 23.1 Å². The third-order valence-electron chi connectivity index (χ3n) is 11.3. The number of hydrogen-bond donors (Lipinski definition) is 1. The Bertz CT molecular complexity index is 2110. The zero-order valence-corrected chi connectivity index (χ0v) is 30.2. The maximum atomic E-state index is 14.6. The fourth-order valence-electron chi connectivity index (χ4n) is 8.35. The first-order valence-corrected chi connectivity index (χ1v) is 18.9. The maximum Gasteiger partial charge on any atom is 0.264 e. The van der Waals surface area contributed by atoms with Crippen molar-refractivity contribution < 1.29 is 17.9 Å². The first kappa shape index (κ1) is 32.6. The molecule has 1 spiro atoms. The third kappa shape index (κ3) is 5.57. The number of benzene rings is 2. The highest BCUT2D eigenvalue weighted by Gasteiger charge is 2.54. The molecule has 12 heteroatoms. The Balaban J connectivity index is 1.27. The molecule has 260 valence electrons. The molecule has 1 saturated heterocycles. The van der Waals surface area contributed by atoms with Crippen LogP contribution < -0.4 is 14.4 Å². The lowest BCUT2D eigenvalue weighted by Gasteiger charge is -2.42. The summed E-state index contributed by atoms with van der Waals surface area (Å²) in [6, 6.07) is 13.8. The molecule has 50 heavy (non-hydrogen) atoms. The van der Waals surface area contributed by atoms with Gasteiger partial charge in [-0.1, -0.05) is 38.1 Å². The predicted molar refractivity (Wildman–Crippen MR) is 191 cm³/mol. The molecule has 1 N–H and O–H groups in total. The zero-order valence-electron chi connectivity index (χ0n) is 29.3. The zero-order chi connectivity index (χ0) is 35.1. The van der Waals surface area contributed by atoms with Crippen LogP contribution in [-0.4, -0.2) is 64.9 Å². The number of anilines is 2. The van der Waals surface area contributed by atoms with Gasteiger partial charge in [-0.2, -0.15) is 4.98 Å². The van der Waals surface area contributed by atoms with Crippen LogP contribution in [0.15, 0.2) is 59.6 Å². The lowest BCUT2D eigenvalue weighted by atomic mass is 9.76. The second kappa shape index (κ2) is 11.8. The lowest BCUT2D eigenvalue weighted by Crippen LogP contribution is -2.44. The summed E-state index contributed by atoms with van der Waals surface area (Å²) in [5.74, 6) is 0.495. The van der Waals surface area contributed by atoms with Gasteiger partial charge in [-0.3, -0.25) is 9.78 Å². The van der Waals surface area contributed by atoms with Crippen molar-refractivity contribution in [3.05, 3.63) is 82.8 Å². The molecular weight excluding hydrogens is 651 g/mol. The molecule has 3 unspecified atom stereocenters. The second-order valence-corrected chi connectivity index (χ2v) is 16.7. The van der Waals surface area contributed by atoms with Gasteiger partial charge in [0.15, 0.2) is 0 Å². The molecule has 2 aromatic carbocycles. The molecule has 4 aliphatic rings. The molecule has 0 radical (unpaired) electrons. The van der Waals surface area contributed by atoms with Crippen LogP contribution in [-0.2, 0) is 10.0 Å². The van der Waals surface area contributed by atoms with Crippen LogP contribution in [0, 0.1) is 38.0 Å². The number of carbonyl (C=O) groups excluding carboxylic acids is 1. The predicted octanol–water partition coefficient (Wildman–Crippen LogP) is 6.27. The Labute approximate surface area is 293 Å². The largest absolute Gasteiger partial charge is 0.472 e. The van der Waals surface area contributed by atoms with Crippen LogP contribution >= 0.6 is 0 Å². The van der Waals surface area contributed by atoms with Crippen molar-refractivity contribution >= 4 is 27.7 Å². The average Bonchev–Trinajstić information content (AvgIpc) is 3.78. The van der Waals surface area contributed by atoms with Crippen molar-refractivity contribution in [2.75, 3.05) is 23.2 Å². The minimum Gasteiger partial charge on any atom is -0.472 e. The van der Waals surface area contributed by atoms with Crippen molar-refractivity contribution in [2.45, 2.75) is 83.4 Å². The van der Waals surface area contributed by atoms with Crippen LogP contribution in [0.3, 0.4) is 0 Å². The molecule has 11 nitrogen and oxygen atoms in total. The number of amides is 1. The van der Waals surface area contributed by atoms with Gasteiger partial charge < -0.3 is 14.5 Å². The minimum atomic E-state index is -4.16. The molecule has 2 saturated carbocycles. The topological polar surface area (TPSA) is 131 Å². The number of nitrogens with zero attached hydrogens (tertiary/aromatic N) is 6. The van der Waals surface area contributed by atoms with Crippen molar-refractivity contribution in [3.63, 3.8) is 0 Å². The highest BCUT2D eigenvalue weighted by atomic mass is 32.2. The van der Waals surface area contributed by atoms with E-state index < -0.39 is 22.2 Å². The van der Waals surface area contributed by atoms with Gasteiger partial charge >= 0.3 is 0 Å². The Morgan fingerprint density at radius 1 is 1.00 bits per heavy atom. The van der Waals surface area contributed by atoms with Gasteiger partial charge in [0.05, 0.1) is 40.8 Å². The van der Waals surface area contributed by atoms with E-state index >= 15 is 0 Å². The van der Waals surface area contributed by atoms with E-state index in [-0.39, 0.29) is 46.6 Å². The van der Waals surface area contributed by atoms with Crippen molar-refractivity contribution in [2.24, 2.45) is 17.3 Å². The summed E-state index contributed by atoms with van der Waals surface area (Å²) in [5.41, 5.74) is 5.65. The van der Waals surface area contributed by atoms with Crippen LogP contribution in [0.4, 0.5) is 11.8 Å². The lowest BCUT2D eigenvalue weighted by molar-refractivity contribution is 0.0700. The summed E-state index contributed by atoms with van der Waals surface area (Å²) in [6.45, 7) is 10.4. The van der Waals surface area contributed by atoms with Crippen molar-refractivity contribution in [1.82, 2.24) is 24.8 Å². The molecule has 3 atom stereocenters. The number of aromatic nitrogens is 4. The highest BCUT2D eigenvalue weighted by molar-refractivity contribution is 7.92. The molecule has 1 amide bonds. The SMILES string of the molecule is Cc1cccc(C)c1-c1cc2nc(n1)NS(=O)(=O)c1cccc(c1)C(=O)N1CC(O2)C(C(C)C)C1c1nc(N(C)C2CC3(CC3)C2)cnc1C. The smallest absolute Gasteiger partial charge is 0.264 e. The van der Waals surface area contributed by atoms with Crippen LogP contribution in [0.25, 0.3) is 11.3 Å². The Morgan fingerprint density at radius 3 is 2.42 bits per heavy atom. The van der Waals surface area contributed by atoms with E-state index in [0.717, 1.165) is 33.9 Å². The fraction of sp³-hybridized carbons (Fsp3) is 0.447. The summed E-state index contributed by atoms with van der Waals surface area (Å²) >= 11 is 0. The van der Waals surface area contributed by atoms with Crippen LogP contribution in [0.1, 0.15) is 78.4 Å². The third-order valence-corrected chi connectivity index (χ3v) is 12.7. The summed E-state index contributed by atoms with van der Waals surface area (Å²) in [7, 11) is -2.08. The molecule has 4 aromatic rings. The van der Waals surface area contributed by atoms with E-state index in [1.807, 2.05) is 45.2 Å². The molecule has 2 aromatic heterocycles. The molecule has 2 aliphatic carbocycles. The van der Waals surface area contributed by atoms with Gasteiger partial charge in [0, 0.05) is 36.2 Å². The standard InChI is InChI=1S/C38H43N7O4S/c1-21(2)32-29-20-45(35(32)34-24(5)39-19-30(41-34)44(6)26-17-38(18-26)13-14-38)36(46)25-11-8-12-27(15-25)50(47,48)43-37-40-28(16-31(42-37)49-29)33-22(3)9-7-10-23(33)4/h7-12,15-16,19,21,26,29,32,35H,13-14,17-18,20H2,1-6H3,(H,40,42,43). The van der Waals surface area contributed by atoms with E-state index in [2.05, 4.69) is 40.5 Å². The number of aryl methyl sites for hydroxylation is 3. The Kier molecular flexibility index (Phi) is 7.66. The van der Waals surface area contributed by atoms with Gasteiger partial charge in [0.1, 0.15) is 11.9 Å². The molecular formula is C38H43N7O4S. The van der Waals surface area contributed by atoms with Gasteiger partial charge in [0.2, 0.25) is 11.8 Å². The number of ether oxygens (including phenoxy) is 1. The molecule has 4 heterocycles. The van der Waals surface area contributed by atoms with E-state index in [1.54, 1.807) is 23.1 Å². The number of fused-ring (bicyclic) bond motifs is 6. The molecule has 2 aliphatic heterocycles. The van der Waals surface area contributed by atoms with E-state index in [4.69, 9.17) is 14.7 Å². The minimum absolute atomic E-state index is 0.0626. The van der Waals surface area contributed by atoms with E-state index in [1.165, 1.54) is 37.8 Å². The Hall–Kier alpha value is -4.58. The van der Waals surface area contributed by atoms with Crippen molar-refractivity contribution in [1.29, 1.82) is 0 Å². The number of sulfonamides is 1. The Morgan fingerprint density at radius 2 is 1.72 bits per heavy atom. The molecule has 6 bridgehead atoms. The highest BCUT2D eigenvalue weighted by Crippen LogP contribution is 2.62. The number of carbonyl (C=O) groups is 1. The summed E-state index contributed by atoms with van der Waals surface area (Å²) in [6.07, 6.45) is 6.33. The van der Waals surface area contributed by atoms with Gasteiger partial charge in [-0.15, -0.1) is 0 Å². The normalized spacial score (nSPS) is 23.3. The molecule has 8 rings (SSSR count). The summed E-state index contributed by atoms with van der Waals surface area (Å²) in [5, 5.41) is 0. The van der Waals surface area contributed by atoms with E-state index in [9.17, 15) is 13.2 Å². The number of rotatable bonds is 5. The second-order valence-electron chi connectivity index (χ2n) is 15.1. The summed E-state index contributed by atoms with van der Waals surface area (Å²) in [4.78, 5) is 37.9. The van der Waals surface area contributed by atoms with E-state index in [0.29, 0.717) is 17.2 Å². The number of hydrogen-bond acceptors (Lipinski definition) is 9. The molecule has 3 fully saturated rings.